The molecule has 1 aliphatic heterocycles. The lowest BCUT2D eigenvalue weighted by Crippen LogP contribution is -2.54. The van der Waals surface area contributed by atoms with E-state index < -0.39 is 24.4 Å². The van der Waals surface area contributed by atoms with E-state index in [-0.39, 0.29) is 0 Å². The second-order valence-corrected chi connectivity index (χ2v) is 8.02. The van der Waals surface area contributed by atoms with Crippen LogP contribution in [0.25, 0.3) is 0 Å². The molecule has 4 rings (SSSR count). The second-order valence-electron chi connectivity index (χ2n) is 8.02. The molecule has 3 aromatic rings. The fourth-order valence-electron chi connectivity index (χ4n) is 3.89. The lowest BCUT2D eigenvalue weighted by atomic mass is 9.97. The van der Waals surface area contributed by atoms with Crippen molar-refractivity contribution < 1.29 is 18.9 Å². The molecule has 0 N–H and O–H groups in total. The van der Waals surface area contributed by atoms with Crippen LogP contribution in [0.1, 0.15) is 16.7 Å². The summed E-state index contributed by atoms with van der Waals surface area (Å²) in [5.41, 5.74) is 3.22. The molecular formula is C29H30O4. The zero-order valence-electron chi connectivity index (χ0n) is 18.7. The van der Waals surface area contributed by atoms with Gasteiger partial charge in [0.1, 0.15) is 30.2 Å². The third kappa shape index (κ3) is 6.20. The van der Waals surface area contributed by atoms with Gasteiger partial charge >= 0.3 is 0 Å². The van der Waals surface area contributed by atoms with Crippen LogP contribution < -0.4 is 0 Å². The number of hydrogen-bond acceptors (Lipinski definition) is 4. The normalized spacial score (nSPS) is 22.5. The Hall–Kier alpha value is -3.18. The molecule has 0 bridgehead atoms. The number of rotatable bonds is 10. The summed E-state index contributed by atoms with van der Waals surface area (Å²) < 4.78 is 25.2. The smallest absolute Gasteiger partial charge is 0.145 e. The fourth-order valence-corrected chi connectivity index (χ4v) is 3.89. The average molecular weight is 443 g/mol. The first-order valence-electron chi connectivity index (χ1n) is 11.2. The summed E-state index contributed by atoms with van der Waals surface area (Å²) in [6.07, 6.45) is 0.0525. The maximum Gasteiger partial charge on any atom is 0.145 e. The maximum atomic E-state index is 6.43. The Labute approximate surface area is 196 Å². The largest absolute Gasteiger partial charge is 0.486 e. The second kappa shape index (κ2) is 11.6. The van der Waals surface area contributed by atoms with Crippen LogP contribution in [0.15, 0.2) is 116 Å². The van der Waals surface area contributed by atoms with Gasteiger partial charge in [0.05, 0.1) is 19.8 Å². The minimum atomic E-state index is -0.481. The van der Waals surface area contributed by atoms with Crippen LogP contribution in [-0.2, 0) is 38.8 Å². The quantitative estimate of drug-likeness (QED) is 0.370. The zero-order chi connectivity index (χ0) is 22.9. The van der Waals surface area contributed by atoms with Crippen molar-refractivity contribution in [3.8, 4) is 0 Å². The predicted molar refractivity (Wildman–Crippen MR) is 129 cm³/mol. The van der Waals surface area contributed by atoms with E-state index in [9.17, 15) is 0 Å². The van der Waals surface area contributed by atoms with Gasteiger partial charge in [0.25, 0.3) is 0 Å². The van der Waals surface area contributed by atoms with E-state index in [1.54, 1.807) is 6.08 Å². The molecule has 1 saturated heterocycles. The molecule has 0 amide bonds. The van der Waals surface area contributed by atoms with Crippen LogP contribution in [0.3, 0.4) is 0 Å². The van der Waals surface area contributed by atoms with E-state index in [2.05, 4.69) is 13.2 Å². The Morgan fingerprint density at radius 3 is 1.52 bits per heavy atom. The van der Waals surface area contributed by atoms with E-state index in [1.807, 2.05) is 91.0 Å². The Kier molecular flexibility index (Phi) is 8.09. The van der Waals surface area contributed by atoms with Crippen LogP contribution in [-0.4, -0.2) is 24.4 Å². The lowest BCUT2D eigenvalue weighted by molar-refractivity contribution is -0.204. The third-order valence-corrected chi connectivity index (χ3v) is 5.63. The molecule has 170 valence electrons. The number of hydrogen-bond donors (Lipinski definition) is 0. The molecule has 4 nitrogen and oxygen atoms in total. The van der Waals surface area contributed by atoms with E-state index in [0.717, 1.165) is 16.7 Å². The van der Waals surface area contributed by atoms with Crippen molar-refractivity contribution in [2.45, 2.75) is 44.2 Å². The third-order valence-electron chi connectivity index (χ3n) is 5.63. The summed E-state index contributed by atoms with van der Waals surface area (Å²) in [6.45, 7) is 9.37. The monoisotopic (exact) mass is 442 g/mol. The van der Waals surface area contributed by atoms with E-state index in [0.29, 0.717) is 25.6 Å². The SMILES string of the molecule is C=C[C@@H]1OC(=C)[C@@H](OCc2ccccc2)[C@H](OCc2ccccc2)[C@H]1OCc1ccccc1. The average Bonchev–Trinajstić information content (AvgIpc) is 2.87. The standard InChI is InChI=1S/C29H30O4/c1-3-26-28(31-20-24-15-9-5-10-16-24)29(32-21-25-17-11-6-12-18-25)27(22(2)33-26)30-19-23-13-7-4-8-14-23/h3-18,26-29H,1-2,19-21H2/t26-,27+,28-,29-/m0/s1. The van der Waals surface area contributed by atoms with Gasteiger partial charge in [-0.3, -0.25) is 0 Å². The van der Waals surface area contributed by atoms with E-state index in [1.165, 1.54) is 0 Å². The molecule has 0 radical (unpaired) electrons. The Balaban J connectivity index is 1.54. The van der Waals surface area contributed by atoms with Crippen molar-refractivity contribution >= 4 is 0 Å². The van der Waals surface area contributed by atoms with Gasteiger partial charge in [0.2, 0.25) is 0 Å². The van der Waals surface area contributed by atoms with Gasteiger partial charge in [0.15, 0.2) is 0 Å². The van der Waals surface area contributed by atoms with E-state index >= 15 is 0 Å². The highest BCUT2D eigenvalue weighted by molar-refractivity contribution is 5.17. The molecule has 0 aromatic heterocycles. The Bertz CT molecular complexity index is 1000. The van der Waals surface area contributed by atoms with Crippen LogP contribution in [0.2, 0.25) is 0 Å². The van der Waals surface area contributed by atoms with E-state index in [4.69, 9.17) is 18.9 Å². The van der Waals surface area contributed by atoms with Crippen molar-refractivity contribution in [3.63, 3.8) is 0 Å². The Morgan fingerprint density at radius 2 is 1.06 bits per heavy atom. The summed E-state index contributed by atoms with van der Waals surface area (Å²) in [5, 5.41) is 0. The molecule has 0 saturated carbocycles. The highest BCUT2D eigenvalue weighted by Crippen LogP contribution is 2.32. The van der Waals surface area contributed by atoms with Gasteiger partial charge in [-0.05, 0) is 22.8 Å². The lowest BCUT2D eigenvalue weighted by Gasteiger charge is -2.42. The summed E-state index contributed by atoms with van der Waals surface area (Å²) in [5.74, 6) is 0.522. The van der Waals surface area contributed by atoms with Crippen molar-refractivity contribution in [1.82, 2.24) is 0 Å². The summed E-state index contributed by atoms with van der Waals surface area (Å²) in [7, 11) is 0. The summed E-state index contributed by atoms with van der Waals surface area (Å²) in [4.78, 5) is 0. The molecule has 3 aromatic carbocycles. The highest BCUT2D eigenvalue weighted by Gasteiger charge is 2.44. The molecular weight excluding hydrogens is 412 g/mol. The maximum absolute atomic E-state index is 6.43. The molecule has 1 fully saturated rings. The van der Waals surface area contributed by atoms with Gasteiger partial charge in [-0.15, -0.1) is 0 Å². The summed E-state index contributed by atoms with van der Waals surface area (Å²) >= 11 is 0. The molecule has 1 heterocycles. The van der Waals surface area contributed by atoms with Crippen molar-refractivity contribution in [2.24, 2.45) is 0 Å². The topological polar surface area (TPSA) is 36.9 Å². The van der Waals surface area contributed by atoms with Gasteiger partial charge < -0.3 is 18.9 Å². The Morgan fingerprint density at radius 1 is 0.636 bits per heavy atom. The van der Waals surface area contributed by atoms with Crippen LogP contribution >= 0.6 is 0 Å². The van der Waals surface area contributed by atoms with Crippen LogP contribution in [0.4, 0.5) is 0 Å². The fraction of sp³-hybridized carbons (Fsp3) is 0.241. The van der Waals surface area contributed by atoms with Crippen LogP contribution in [0.5, 0.6) is 0 Å². The van der Waals surface area contributed by atoms with Crippen LogP contribution in [0, 0.1) is 0 Å². The first-order chi connectivity index (χ1) is 16.2. The number of benzene rings is 3. The molecule has 0 unspecified atom stereocenters. The molecule has 1 aliphatic rings. The molecule has 0 aliphatic carbocycles. The minimum absolute atomic E-state index is 0.390. The van der Waals surface area contributed by atoms with Gasteiger partial charge in [-0.1, -0.05) is 104 Å². The number of ether oxygens (including phenoxy) is 4. The van der Waals surface area contributed by atoms with Crippen molar-refractivity contribution in [3.05, 3.63) is 133 Å². The van der Waals surface area contributed by atoms with Gasteiger partial charge in [0, 0.05) is 0 Å². The molecule has 0 spiro atoms. The minimum Gasteiger partial charge on any atom is -0.486 e. The zero-order valence-corrected chi connectivity index (χ0v) is 18.7. The molecule has 4 heteroatoms. The molecule has 4 atom stereocenters. The first-order valence-corrected chi connectivity index (χ1v) is 11.2. The van der Waals surface area contributed by atoms with Gasteiger partial charge in [-0.25, -0.2) is 0 Å². The van der Waals surface area contributed by atoms with Gasteiger partial charge in [-0.2, -0.15) is 0 Å². The van der Waals surface area contributed by atoms with Crippen molar-refractivity contribution in [2.75, 3.05) is 0 Å². The molecule has 33 heavy (non-hydrogen) atoms. The predicted octanol–water partition coefficient (Wildman–Crippen LogP) is 5.84. The first kappa shape index (κ1) is 23.0. The summed E-state index contributed by atoms with van der Waals surface area (Å²) in [6, 6.07) is 30.2. The highest BCUT2D eigenvalue weighted by atomic mass is 16.6. The van der Waals surface area contributed by atoms with Crippen molar-refractivity contribution in [1.29, 1.82) is 0 Å².